The van der Waals surface area contributed by atoms with E-state index in [4.69, 9.17) is 4.74 Å². The van der Waals surface area contributed by atoms with Gasteiger partial charge in [0.2, 0.25) is 0 Å². The summed E-state index contributed by atoms with van der Waals surface area (Å²) in [5, 5.41) is 2.98. The summed E-state index contributed by atoms with van der Waals surface area (Å²) >= 11 is 0. The number of benzene rings is 4. The number of hydrogen-bond donors (Lipinski definition) is 1. The summed E-state index contributed by atoms with van der Waals surface area (Å²) in [6.07, 6.45) is 0.391. The molecule has 4 heteroatoms. The van der Waals surface area contributed by atoms with Crippen molar-refractivity contribution < 1.29 is 9.53 Å². The largest absolute Gasteiger partial charge is 0.481 e. The predicted molar refractivity (Wildman–Crippen MR) is 148 cm³/mol. The van der Waals surface area contributed by atoms with E-state index >= 15 is 0 Å². The van der Waals surface area contributed by atoms with Gasteiger partial charge in [0.25, 0.3) is 5.91 Å². The van der Waals surface area contributed by atoms with Gasteiger partial charge in [-0.2, -0.15) is 0 Å². The Morgan fingerprint density at radius 3 is 2.35 bits per heavy atom. The van der Waals surface area contributed by atoms with Crippen molar-refractivity contribution in [3.05, 3.63) is 137 Å². The first-order valence-corrected chi connectivity index (χ1v) is 13.0. The van der Waals surface area contributed by atoms with Crippen molar-refractivity contribution in [3.63, 3.8) is 0 Å². The summed E-state index contributed by atoms with van der Waals surface area (Å²) in [5.74, 6) is 0.599. The lowest BCUT2D eigenvalue weighted by atomic mass is 9.87. The molecular weight excluding hydrogens is 456 g/mol. The van der Waals surface area contributed by atoms with Crippen LogP contribution >= 0.6 is 0 Å². The number of rotatable bonds is 8. The van der Waals surface area contributed by atoms with Gasteiger partial charge in [0.1, 0.15) is 5.75 Å². The van der Waals surface area contributed by atoms with E-state index in [1.165, 1.54) is 27.8 Å². The molecule has 0 aliphatic carbocycles. The Kier molecular flexibility index (Phi) is 7.67. The van der Waals surface area contributed by atoms with Crippen LogP contribution in [-0.4, -0.2) is 23.5 Å². The molecule has 5 rings (SSSR count). The van der Waals surface area contributed by atoms with E-state index in [2.05, 4.69) is 83.9 Å². The SMILES string of the molecule is Cc1ccc(CN2CCc3ccc(OC(C)C(=O)NCc4ccccc4)cc3C2c2ccccc2)cc1. The standard InChI is InChI=1S/C33H34N2O2/c1-24-13-15-27(16-14-24)23-35-20-19-28-17-18-30(21-31(28)32(35)29-11-7-4-8-12-29)37-25(2)33(36)34-22-26-9-5-3-6-10-26/h3-18,21,25,32H,19-20,22-23H2,1-2H3,(H,34,36). The third-order valence-electron chi connectivity index (χ3n) is 7.06. The van der Waals surface area contributed by atoms with Gasteiger partial charge in [-0.1, -0.05) is 96.6 Å². The van der Waals surface area contributed by atoms with Gasteiger partial charge in [-0.3, -0.25) is 9.69 Å². The minimum atomic E-state index is -0.593. The monoisotopic (exact) mass is 490 g/mol. The summed E-state index contributed by atoms with van der Waals surface area (Å²) in [6.45, 7) is 6.28. The van der Waals surface area contributed by atoms with Crippen LogP contribution < -0.4 is 10.1 Å². The van der Waals surface area contributed by atoms with E-state index in [1.54, 1.807) is 6.92 Å². The number of carbonyl (C=O) groups is 1. The van der Waals surface area contributed by atoms with Crippen LogP contribution in [-0.2, 0) is 24.3 Å². The number of ether oxygens (including phenoxy) is 1. The first-order valence-electron chi connectivity index (χ1n) is 13.0. The van der Waals surface area contributed by atoms with Crippen molar-refractivity contribution in [2.45, 2.75) is 45.5 Å². The van der Waals surface area contributed by atoms with Crippen LogP contribution in [0.1, 0.15) is 46.3 Å². The van der Waals surface area contributed by atoms with Crippen LogP contribution in [0.3, 0.4) is 0 Å². The molecule has 37 heavy (non-hydrogen) atoms. The molecule has 4 aromatic carbocycles. The van der Waals surface area contributed by atoms with Crippen LogP contribution in [0, 0.1) is 6.92 Å². The van der Waals surface area contributed by atoms with E-state index in [1.807, 2.05) is 36.4 Å². The zero-order chi connectivity index (χ0) is 25.6. The molecule has 1 aliphatic rings. The van der Waals surface area contributed by atoms with Gasteiger partial charge in [0.05, 0.1) is 6.04 Å². The van der Waals surface area contributed by atoms with E-state index in [9.17, 15) is 4.79 Å². The van der Waals surface area contributed by atoms with Gasteiger partial charge in [0, 0.05) is 19.6 Å². The van der Waals surface area contributed by atoms with E-state index in [0.29, 0.717) is 6.54 Å². The Morgan fingerprint density at radius 2 is 1.62 bits per heavy atom. The minimum Gasteiger partial charge on any atom is -0.481 e. The Labute approximate surface area is 219 Å². The van der Waals surface area contributed by atoms with Gasteiger partial charge in [-0.15, -0.1) is 0 Å². The second kappa shape index (κ2) is 11.4. The maximum absolute atomic E-state index is 12.7. The number of fused-ring (bicyclic) bond motifs is 1. The molecule has 4 nitrogen and oxygen atoms in total. The van der Waals surface area contributed by atoms with Gasteiger partial charge < -0.3 is 10.1 Å². The molecule has 2 unspecified atom stereocenters. The summed E-state index contributed by atoms with van der Waals surface area (Å²) in [4.78, 5) is 15.3. The van der Waals surface area contributed by atoms with Crippen molar-refractivity contribution in [3.8, 4) is 5.75 Å². The third-order valence-corrected chi connectivity index (χ3v) is 7.06. The molecule has 4 aromatic rings. The number of amides is 1. The van der Waals surface area contributed by atoms with Gasteiger partial charge in [-0.25, -0.2) is 0 Å². The van der Waals surface area contributed by atoms with Crippen molar-refractivity contribution in [1.82, 2.24) is 10.2 Å². The highest BCUT2D eigenvalue weighted by molar-refractivity contribution is 5.80. The van der Waals surface area contributed by atoms with Crippen molar-refractivity contribution in [2.24, 2.45) is 0 Å². The lowest BCUT2D eigenvalue weighted by Crippen LogP contribution is -2.37. The van der Waals surface area contributed by atoms with Crippen LogP contribution in [0.5, 0.6) is 5.75 Å². The molecule has 1 heterocycles. The predicted octanol–water partition coefficient (Wildman–Crippen LogP) is 6.23. The Morgan fingerprint density at radius 1 is 0.919 bits per heavy atom. The number of nitrogens with one attached hydrogen (secondary N) is 1. The zero-order valence-electron chi connectivity index (χ0n) is 21.6. The Balaban J connectivity index is 1.36. The molecule has 0 spiro atoms. The highest BCUT2D eigenvalue weighted by atomic mass is 16.5. The molecular formula is C33H34N2O2. The average Bonchev–Trinajstić information content (AvgIpc) is 2.93. The van der Waals surface area contributed by atoms with E-state index in [0.717, 1.165) is 30.8 Å². The highest BCUT2D eigenvalue weighted by Gasteiger charge is 2.29. The van der Waals surface area contributed by atoms with Crippen LogP contribution in [0.15, 0.2) is 103 Å². The fourth-order valence-corrected chi connectivity index (χ4v) is 5.03. The van der Waals surface area contributed by atoms with E-state index in [-0.39, 0.29) is 11.9 Å². The van der Waals surface area contributed by atoms with Crippen LogP contribution in [0.2, 0.25) is 0 Å². The second-order valence-corrected chi connectivity index (χ2v) is 9.84. The van der Waals surface area contributed by atoms with Crippen molar-refractivity contribution in [2.75, 3.05) is 6.54 Å². The second-order valence-electron chi connectivity index (χ2n) is 9.84. The normalized spacial score (nSPS) is 16.0. The van der Waals surface area contributed by atoms with Gasteiger partial charge in [-0.05, 0) is 60.2 Å². The number of carbonyl (C=O) groups excluding carboxylic acids is 1. The molecule has 188 valence electrons. The van der Waals surface area contributed by atoms with Crippen LogP contribution in [0.4, 0.5) is 0 Å². The maximum atomic E-state index is 12.7. The molecule has 0 radical (unpaired) electrons. The molecule has 1 aliphatic heterocycles. The number of nitrogens with zero attached hydrogens (tertiary/aromatic N) is 1. The fraction of sp³-hybridized carbons (Fsp3) is 0.242. The van der Waals surface area contributed by atoms with Gasteiger partial charge in [0.15, 0.2) is 6.10 Å². The van der Waals surface area contributed by atoms with E-state index < -0.39 is 6.10 Å². The highest BCUT2D eigenvalue weighted by Crippen LogP contribution is 2.38. The summed E-state index contributed by atoms with van der Waals surface area (Å²) in [6, 6.07) is 35.8. The smallest absolute Gasteiger partial charge is 0.261 e. The molecule has 0 aromatic heterocycles. The lowest BCUT2D eigenvalue weighted by molar-refractivity contribution is -0.127. The topological polar surface area (TPSA) is 41.6 Å². The average molecular weight is 491 g/mol. The number of aryl methyl sites for hydroxylation is 1. The number of hydrogen-bond acceptors (Lipinski definition) is 3. The maximum Gasteiger partial charge on any atom is 0.261 e. The quantitative estimate of drug-likeness (QED) is 0.319. The summed E-state index contributed by atoms with van der Waals surface area (Å²) in [7, 11) is 0. The molecule has 2 atom stereocenters. The minimum absolute atomic E-state index is 0.122. The molecule has 0 fully saturated rings. The molecule has 0 saturated heterocycles. The van der Waals surface area contributed by atoms with Crippen LogP contribution in [0.25, 0.3) is 0 Å². The molecule has 0 bridgehead atoms. The van der Waals surface area contributed by atoms with Crippen molar-refractivity contribution >= 4 is 5.91 Å². The first-order chi connectivity index (χ1) is 18.1. The molecule has 0 saturated carbocycles. The Hall–Kier alpha value is -3.89. The third kappa shape index (κ3) is 6.10. The first kappa shape index (κ1) is 24.8. The Bertz CT molecular complexity index is 1320. The summed E-state index contributed by atoms with van der Waals surface area (Å²) < 4.78 is 6.15. The molecule has 1 amide bonds. The summed E-state index contributed by atoms with van der Waals surface area (Å²) in [5.41, 5.74) is 7.50. The fourth-order valence-electron chi connectivity index (χ4n) is 5.03. The van der Waals surface area contributed by atoms with Crippen molar-refractivity contribution in [1.29, 1.82) is 0 Å². The van der Waals surface area contributed by atoms with Gasteiger partial charge >= 0.3 is 0 Å². The zero-order valence-corrected chi connectivity index (χ0v) is 21.6. The lowest BCUT2D eigenvalue weighted by Gasteiger charge is -2.38. The molecule has 1 N–H and O–H groups in total.